The van der Waals surface area contributed by atoms with Crippen LogP contribution in [0.4, 0.5) is 0 Å². The zero-order chi connectivity index (χ0) is 16.1. The van der Waals surface area contributed by atoms with Crippen LogP contribution in [-0.2, 0) is 6.42 Å². The van der Waals surface area contributed by atoms with Crippen LogP contribution in [0.15, 0.2) is 29.4 Å². The smallest absolute Gasteiger partial charge is 0.152 e. The second kappa shape index (κ2) is 6.76. The van der Waals surface area contributed by atoms with E-state index < -0.39 is 0 Å². The van der Waals surface area contributed by atoms with Gasteiger partial charge in [0.2, 0.25) is 0 Å². The lowest BCUT2D eigenvalue weighted by Gasteiger charge is -2.33. The Kier molecular flexibility index (Phi) is 4.55. The SMILES string of the molecule is CC1(COc2ccc(Cc3nnn[nH]3)cc2)CCCCC1=NO. The molecule has 0 amide bonds. The minimum Gasteiger partial charge on any atom is -0.493 e. The van der Waals surface area contributed by atoms with Crippen molar-refractivity contribution in [3.05, 3.63) is 35.7 Å². The maximum absolute atomic E-state index is 9.20. The molecule has 0 bridgehead atoms. The number of nitrogens with zero attached hydrogens (tertiary/aromatic N) is 4. The van der Waals surface area contributed by atoms with Gasteiger partial charge in [0, 0.05) is 11.8 Å². The molecule has 1 saturated carbocycles. The summed E-state index contributed by atoms with van der Waals surface area (Å²) in [6, 6.07) is 7.90. The number of rotatable bonds is 5. The largest absolute Gasteiger partial charge is 0.493 e. The third kappa shape index (κ3) is 3.67. The van der Waals surface area contributed by atoms with E-state index in [0.29, 0.717) is 13.0 Å². The van der Waals surface area contributed by atoms with Crippen LogP contribution in [0.5, 0.6) is 5.75 Å². The van der Waals surface area contributed by atoms with Gasteiger partial charge in [0.05, 0.1) is 12.3 Å². The van der Waals surface area contributed by atoms with Gasteiger partial charge in [-0.1, -0.05) is 30.6 Å². The van der Waals surface area contributed by atoms with Crippen LogP contribution in [0, 0.1) is 5.41 Å². The summed E-state index contributed by atoms with van der Waals surface area (Å²) in [5.74, 6) is 1.55. The number of ether oxygens (including phenoxy) is 1. The van der Waals surface area contributed by atoms with Crippen LogP contribution in [0.2, 0.25) is 0 Å². The monoisotopic (exact) mass is 315 g/mol. The molecule has 7 nitrogen and oxygen atoms in total. The maximum Gasteiger partial charge on any atom is 0.152 e. The average molecular weight is 315 g/mol. The topological polar surface area (TPSA) is 96.3 Å². The summed E-state index contributed by atoms with van der Waals surface area (Å²) < 4.78 is 5.93. The second-order valence-corrected chi connectivity index (χ2v) is 6.27. The molecule has 0 radical (unpaired) electrons. The third-order valence-electron chi connectivity index (χ3n) is 4.45. The molecule has 1 aliphatic carbocycles. The number of benzene rings is 1. The van der Waals surface area contributed by atoms with Crippen LogP contribution in [0.1, 0.15) is 44.0 Å². The van der Waals surface area contributed by atoms with Gasteiger partial charge in [-0.3, -0.25) is 0 Å². The lowest BCUT2D eigenvalue weighted by Crippen LogP contribution is -2.37. The van der Waals surface area contributed by atoms with E-state index in [1.165, 1.54) is 0 Å². The zero-order valence-electron chi connectivity index (χ0n) is 13.2. The molecule has 7 heteroatoms. The van der Waals surface area contributed by atoms with Gasteiger partial charge in [0.1, 0.15) is 5.75 Å². The van der Waals surface area contributed by atoms with E-state index >= 15 is 0 Å². The van der Waals surface area contributed by atoms with Crippen LogP contribution in [-0.4, -0.2) is 38.1 Å². The van der Waals surface area contributed by atoms with E-state index in [-0.39, 0.29) is 5.41 Å². The van der Waals surface area contributed by atoms with Gasteiger partial charge in [-0.25, -0.2) is 5.10 Å². The minimum atomic E-state index is -0.183. The van der Waals surface area contributed by atoms with Crippen LogP contribution in [0.3, 0.4) is 0 Å². The van der Waals surface area contributed by atoms with Crippen molar-refractivity contribution in [1.82, 2.24) is 20.6 Å². The highest BCUT2D eigenvalue weighted by molar-refractivity contribution is 5.90. The van der Waals surface area contributed by atoms with Gasteiger partial charge in [-0.05, 0) is 47.4 Å². The van der Waals surface area contributed by atoms with Crippen molar-refractivity contribution in [1.29, 1.82) is 0 Å². The van der Waals surface area contributed by atoms with Gasteiger partial charge in [-0.2, -0.15) is 0 Å². The van der Waals surface area contributed by atoms with Crippen molar-refractivity contribution < 1.29 is 9.94 Å². The second-order valence-electron chi connectivity index (χ2n) is 6.27. The summed E-state index contributed by atoms with van der Waals surface area (Å²) in [5, 5.41) is 26.4. The summed E-state index contributed by atoms with van der Waals surface area (Å²) >= 11 is 0. The van der Waals surface area contributed by atoms with E-state index in [1.807, 2.05) is 24.3 Å². The quantitative estimate of drug-likeness (QED) is 0.653. The molecule has 1 heterocycles. The number of nitrogens with one attached hydrogen (secondary N) is 1. The Morgan fingerprint density at radius 2 is 2.13 bits per heavy atom. The zero-order valence-corrected chi connectivity index (χ0v) is 13.2. The molecule has 2 aromatic rings. The highest BCUT2D eigenvalue weighted by Gasteiger charge is 2.34. The molecule has 2 N–H and O–H groups in total. The van der Waals surface area contributed by atoms with Crippen molar-refractivity contribution in [2.75, 3.05) is 6.61 Å². The van der Waals surface area contributed by atoms with Gasteiger partial charge in [0.25, 0.3) is 0 Å². The molecular weight excluding hydrogens is 294 g/mol. The molecule has 0 spiro atoms. The Balaban J connectivity index is 1.60. The predicted octanol–water partition coefficient (Wildman–Crippen LogP) is 2.58. The Morgan fingerprint density at radius 1 is 1.30 bits per heavy atom. The fourth-order valence-corrected chi connectivity index (χ4v) is 2.97. The summed E-state index contributed by atoms with van der Waals surface area (Å²) in [6.45, 7) is 2.63. The number of hydrogen-bond acceptors (Lipinski definition) is 6. The number of H-pyrrole nitrogens is 1. The number of aromatic amines is 1. The van der Waals surface area contributed by atoms with Crippen LogP contribution in [0.25, 0.3) is 0 Å². The molecule has 0 saturated heterocycles. The first-order valence-electron chi connectivity index (χ1n) is 7.85. The van der Waals surface area contributed by atoms with Crippen LogP contribution < -0.4 is 4.74 Å². The highest BCUT2D eigenvalue weighted by Crippen LogP contribution is 2.34. The van der Waals surface area contributed by atoms with Gasteiger partial charge in [-0.15, -0.1) is 5.10 Å². The Morgan fingerprint density at radius 3 is 2.83 bits per heavy atom. The molecule has 0 aliphatic heterocycles. The molecule has 1 aromatic carbocycles. The molecule has 23 heavy (non-hydrogen) atoms. The lowest BCUT2D eigenvalue weighted by atomic mass is 9.74. The number of tetrazole rings is 1. The van der Waals surface area contributed by atoms with Crippen molar-refractivity contribution >= 4 is 5.71 Å². The first kappa shape index (κ1) is 15.5. The summed E-state index contributed by atoms with van der Waals surface area (Å²) in [6.07, 6.45) is 4.72. The molecular formula is C16H21N5O2. The first-order valence-corrected chi connectivity index (χ1v) is 7.85. The fraction of sp³-hybridized carbons (Fsp3) is 0.500. The highest BCUT2D eigenvalue weighted by atomic mass is 16.5. The maximum atomic E-state index is 9.20. The Labute approximate surface area is 134 Å². The molecule has 1 aliphatic rings. The minimum absolute atomic E-state index is 0.183. The van der Waals surface area contributed by atoms with Crippen molar-refractivity contribution in [3.8, 4) is 5.75 Å². The molecule has 3 rings (SSSR count). The van der Waals surface area contributed by atoms with Gasteiger partial charge < -0.3 is 9.94 Å². The van der Waals surface area contributed by atoms with E-state index in [9.17, 15) is 5.21 Å². The van der Waals surface area contributed by atoms with Crippen LogP contribution >= 0.6 is 0 Å². The number of hydrogen-bond donors (Lipinski definition) is 2. The lowest BCUT2D eigenvalue weighted by molar-refractivity contribution is 0.190. The standard InChI is InChI=1S/C16H21N5O2/c1-16(9-3-2-4-14(16)19-22)11-23-13-7-5-12(6-8-13)10-15-17-20-21-18-15/h5-8,22H,2-4,9-11H2,1H3,(H,17,18,20,21). The molecule has 1 atom stereocenters. The average Bonchev–Trinajstić information content (AvgIpc) is 3.08. The third-order valence-corrected chi connectivity index (χ3v) is 4.45. The van der Waals surface area contributed by atoms with E-state index in [2.05, 4.69) is 32.7 Å². The van der Waals surface area contributed by atoms with Crippen molar-refractivity contribution in [3.63, 3.8) is 0 Å². The van der Waals surface area contributed by atoms with Gasteiger partial charge >= 0.3 is 0 Å². The van der Waals surface area contributed by atoms with Crippen molar-refractivity contribution in [2.24, 2.45) is 10.6 Å². The first-order chi connectivity index (χ1) is 11.2. The Bertz CT molecular complexity index is 654. The molecule has 122 valence electrons. The van der Waals surface area contributed by atoms with E-state index in [4.69, 9.17) is 4.74 Å². The molecule has 1 aromatic heterocycles. The molecule has 1 unspecified atom stereocenters. The normalized spacial score (nSPS) is 23.1. The summed E-state index contributed by atoms with van der Waals surface area (Å²) in [7, 11) is 0. The summed E-state index contributed by atoms with van der Waals surface area (Å²) in [5.41, 5.74) is 1.77. The Hall–Kier alpha value is -2.44. The van der Waals surface area contributed by atoms with E-state index in [0.717, 1.165) is 48.5 Å². The van der Waals surface area contributed by atoms with Crippen molar-refractivity contribution in [2.45, 2.75) is 39.0 Å². The van der Waals surface area contributed by atoms with E-state index in [1.54, 1.807) is 0 Å². The summed E-state index contributed by atoms with van der Waals surface area (Å²) in [4.78, 5) is 0. The predicted molar refractivity (Wildman–Crippen MR) is 84.7 cm³/mol. The van der Waals surface area contributed by atoms with Gasteiger partial charge in [0.15, 0.2) is 5.82 Å². The number of oxime groups is 1. The fourth-order valence-electron chi connectivity index (χ4n) is 2.97. The number of aromatic nitrogens is 4. The molecule has 1 fully saturated rings.